The van der Waals surface area contributed by atoms with Crippen molar-refractivity contribution in [2.75, 3.05) is 16.0 Å². The van der Waals surface area contributed by atoms with Gasteiger partial charge in [0.2, 0.25) is 0 Å². The third-order valence-electron chi connectivity index (χ3n) is 6.92. The second kappa shape index (κ2) is 13.3. The minimum Gasteiger partial charge on any atom is -0.367 e. The molecule has 9 nitrogen and oxygen atoms in total. The molecule has 45 heavy (non-hydrogen) atoms. The van der Waals surface area contributed by atoms with Gasteiger partial charge in [0.25, 0.3) is 5.91 Å². The van der Waals surface area contributed by atoms with Crippen LogP contribution in [0.5, 0.6) is 0 Å². The smallest absolute Gasteiger partial charge is 0.367 e. The van der Waals surface area contributed by atoms with Crippen molar-refractivity contribution < 1.29 is 22.8 Å². The summed E-state index contributed by atoms with van der Waals surface area (Å²) in [6.07, 6.45) is 2.19. The molecule has 0 fully saturated rings. The van der Waals surface area contributed by atoms with Gasteiger partial charge < -0.3 is 21.3 Å². The van der Waals surface area contributed by atoms with E-state index in [9.17, 15) is 22.8 Å². The van der Waals surface area contributed by atoms with Crippen LogP contribution < -0.4 is 21.3 Å². The van der Waals surface area contributed by atoms with Crippen molar-refractivity contribution in [2.45, 2.75) is 64.7 Å². The number of carbonyl (C=O) groups is 2. The molecule has 236 valence electrons. The standard InChI is InChI=1S/C33H36F3N7O2/c1-19(2)40-28-26(29(39-18-38-28)43-30(44)21-9-13-22(14-10-21)32(3,4)5)27(37)20-11-15-24(16-12-20)41-31(45)42-25-8-6-7-23(17-25)33(34,35)36/h6-15,17-19,24,37H,16H2,1-5H3,(H2,41,42,45)(H2,38,39,40,43,44). The first-order valence-electron chi connectivity index (χ1n) is 14.4. The second-order valence-corrected chi connectivity index (χ2v) is 11.9. The number of allylic oxidation sites excluding steroid dienone is 2. The number of rotatable bonds is 8. The molecule has 2 aromatic carbocycles. The fourth-order valence-corrected chi connectivity index (χ4v) is 4.57. The van der Waals surface area contributed by atoms with Gasteiger partial charge >= 0.3 is 12.2 Å². The number of hydrogen-bond acceptors (Lipinski definition) is 6. The molecule has 5 N–H and O–H groups in total. The lowest BCUT2D eigenvalue weighted by atomic mass is 9.87. The second-order valence-electron chi connectivity index (χ2n) is 11.9. The van der Waals surface area contributed by atoms with E-state index >= 15 is 0 Å². The maximum absolute atomic E-state index is 13.2. The van der Waals surface area contributed by atoms with Crippen molar-refractivity contribution in [3.05, 3.63) is 101 Å². The van der Waals surface area contributed by atoms with Crippen LogP contribution >= 0.6 is 0 Å². The Labute approximate surface area is 260 Å². The number of halogens is 3. The van der Waals surface area contributed by atoms with E-state index in [2.05, 4.69) is 52.0 Å². The van der Waals surface area contributed by atoms with Gasteiger partial charge in [0.1, 0.15) is 18.0 Å². The first-order valence-corrected chi connectivity index (χ1v) is 14.4. The van der Waals surface area contributed by atoms with Gasteiger partial charge in [-0.1, -0.05) is 57.2 Å². The Bertz CT molecular complexity index is 1640. The number of benzene rings is 2. The van der Waals surface area contributed by atoms with E-state index in [0.717, 1.165) is 17.7 Å². The molecule has 4 rings (SSSR count). The van der Waals surface area contributed by atoms with E-state index in [1.54, 1.807) is 30.4 Å². The number of anilines is 3. The van der Waals surface area contributed by atoms with E-state index in [4.69, 9.17) is 5.41 Å². The first kappa shape index (κ1) is 32.9. The number of nitrogens with zero attached hydrogens (tertiary/aromatic N) is 2. The van der Waals surface area contributed by atoms with E-state index in [1.807, 2.05) is 26.0 Å². The minimum atomic E-state index is -4.53. The maximum atomic E-state index is 13.2. The molecule has 1 unspecified atom stereocenters. The Balaban J connectivity index is 1.48. The summed E-state index contributed by atoms with van der Waals surface area (Å²) in [5.74, 6) is 0.152. The molecule has 3 amide bonds. The minimum absolute atomic E-state index is 0.00843. The summed E-state index contributed by atoms with van der Waals surface area (Å²) in [5.41, 5.74) is 1.47. The van der Waals surface area contributed by atoms with Crippen LogP contribution in [-0.2, 0) is 11.6 Å². The molecular weight excluding hydrogens is 583 g/mol. The molecule has 1 atom stereocenters. The maximum Gasteiger partial charge on any atom is 0.416 e. The monoisotopic (exact) mass is 619 g/mol. The van der Waals surface area contributed by atoms with E-state index in [1.165, 1.54) is 18.5 Å². The van der Waals surface area contributed by atoms with Crippen molar-refractivity contribution in [3.63, 3.8) is 0 Å². The quantitative estimate of drug-likeness (QED) is 0.169. The van der Waals surface area contributed by atoms with Crippen LogP contribution in [-0.4, -0.2) is 39.7 Å². The lowest BCUT2D eigenvalue weighted by Gasteiger charge is -2.21. The largest absolute Gasteiger partial charge is 0.416 e. The summed E-state index contributed by atoms with van der Waals surface area (Å²) in [7, 11) is 0. The van der Waals surface area contributed by atoms with Gasteiger partial charge in [-0.05, 0) is 67.2 Å². The molecule has 0 saturated heterocycles. The van der Waals surface area contributed by atoms with Gasteiger partial charge in [0.15, 0.2) is 0 Å². The molecule has 0 bridgehead atoms. The van der Waals surface area contributed by atoms with Crippen molar-refractivity contribution in [3.8, 4) is 0 Å². The van der Waals surface area contributed by atoms with Crippen LogP contribution in [0.15, 0.2) is 78.7 Å². The molecule has 1 heterocycles. The molecule has 1 aliphatic carbocycles. The first-order chi connectivity index (χ1) is 21.1. The lowest BCUT2D eigenvalue weighted by Crippen LogP contribution is -2.37. The van der Waals surface area contributed by atoms with Crippen LogP contribution in [0.3, 0.4) is 0 Å². The zero-order chi connectivity index (χ0) is 32.9. The number of hydrogen-bond donors (Lipinski definition) is 5. The summed E-state index contributed by atoms with van der Waals surface area (Å²) >= 11 is 0. The predicted octanol–water partition coefficient (Wildman–Crippen LogP) is 7.31. The molecule has 3 aromatic rings. The highest BCUT2D eigenvalue weighted by molar-refractivity contribution is 6.19. The Morgan fingerprint density at radius 2 is 1.64 bits per heavy atom. The van der Waals surface area contributed by atoms with Gasteiger partial charge in [-0.15, -0.1) is 0 Å². The van der Waals surface area contributed by atoms with Crippen LogP contribution in [0.4, 0.5) is 35.3 Å². The third kappa shape index (κ3) is 8.55. The zero-order valence-electron chi connectivity index (χ0n) is 25.6. The number of alkyl halides is 3. The Hall–Kier alpha value is -5.00. The summed E-state index contributed by atoms with van der Waals surface area (Å²) in [6, 6.07) is 10.5. The van der Waals surface area contributed by atoms with Gasteiger partial charge in [0, 0.05) is 17.3 Å². The van der Waals surface area contributed by atoms with Crippen molar-refractivity contribution in [2.24, 2.45) is 0 Å². The topological polar surface area (TPSA) is 132 Å². The molecule has 0 saturated carbocycles. The van der Waals surface area contributed by atoms with E-state index in [0.29, 0.717) is 28.9 Å². The van der Waals surface area contributed by atoms with Crippen LogP contribution in [0.25, 0.3) is 0 Å². The molecule has 0 spiro atoms. The molecular formula is C33H36F3N7O2. The van der Waals surface area contributed by atoms with Gasteiger partial charge in [-0.3, -0.25) is 10.2 Å². The average molecular weight is 620 g/mol. The lowest BCUT2D eigenvalue weighted by molar-refractivity contribution is -0.137. The Morgan fingerprint density at radius 1 is 0.956 bits per heavy atom. The zero-order valence-corrected chi connectivity index (χ0v) is 25.6. The molecule has 0 aliphatic heterocycles. The highest BCUT2D eigenvalue weighted by Gasteiger charge is 2.30. The summed E-state index contributed by atoms with van der Waals surface area (Å²) < 4.78 is 39.0. The number of aromatic nitrogens is 2. The number of nitrogens with one attached hydrogen (secondary N) is 5. The van der Waals surface area contributed by atoms with Gasteiger partial charge in [0.05, 0.1) is 22.9 Å². The SMILES string of the molecule is CC(C)Nc1ncnc(NC(=O)c2ccc(C(C)(C)C)cc2)c1C(=N)C1=CCC(NC(=O)Nc2cccc(C(F)(F)F)c2)C=C1. The normalized spacial score (nSPS) is 14.9. The van der Waals surface area contributed by atoms with Gasteiger partial charge in [-0.25, -0.2) is 14.8 Å². The highest BCUT2D eigenvalue weighted by Crippen LogP contribution is 2.31. The molecule has 0 radical (unpaired) electrons. The van der Waals surface area contributed by atoms with Crippen LogP contribution in [0.2, 0.25) is 0 Å². The van der Waals surface area contributed by atoms with E-state index in [-0.39, 0.29) is 34.6 Å². The highest BCUT2D eigenvalue weighted by atomic mass is 19.4. The van der Waals surface area contributed by atoms with Gasteiger partial charge in [-0.2, -0.15) is 13.2 Å². The number of amides is 3. The number of urea groups is 1. The van der Waals surface area contributed by atoms with Crippen LogP contribution in [0.1, 0.15) is 68.1 Å². The number of carbonyl (C=O) groups excluding carboxylic acids is 2. The molecule has 1 aromatic heterocycles. The predicted molar refractivity (Wildman–Crippen MR) is 170 cm³/mol. The van der Waals surface area contributed by atoms with Crippen molar-refractivity contribution >= 4 is 35.0 Å². The van der Waals surface area contributed by atoms with E-state index < -0.39 is 23.8 Å². The molecule has 1 aliphatic rings. The Kier molecular flexibility index (Phi) is 9.75. The summed E-state index contributed by atoms with van der Waals surface area (Å²) in [6.45, 7) is 10.1. The fraction of sp³-hybridized carbons (Fsp3) is 0.303. The fourth-order valence-electron chi connectivity index (χ4n) is 4.57. The average Bonchev–Trinajstić information content (AvgIpc) is 2.96. The summed E-state index contributed by atoms with van der Waals surface area (Å²) in [4.78, 5) is 34.3. The third-order valence-corrected chi connectivity index (χ3v) is 6.92. The van der Waals surface area contributed by atoms with Crippen molar-refractivity contribution in [1.82, 2.24) is 15.3 Å². The van der Waals surface area contributed by atoms with Crippen molar-refractivity contribution in [1.29, 1.82) is 5.41 Å². The summed E-state index contributed by atoms with van der Waals surface area (Å²) in [5, 5.41) is 20.2. The Morgan fingerprint density at radius 3 is 2.24 bits per heavy atom. The molecule has 12 heteroatoms. The van der Waals surface area contributed by atoms with Crippen LogP contribution in [0, 0.1) is 5.41 Å².